The molecular formula is C13H14BrClN2O7. The number of halogens is 2. The van der Waals surface area contributed by atoms with E-state index in [1.807, 2.05) is 0 Å². The molecule has 4 atom stereocenters. The van der Waals surface area contributed by atoms with Crippen molar-refractivity contribution in [2.45, 2.75) is 37.7 Å². The summed E-state index contributed by atoms with van der Waals surface area (Å²) in [6.45, 7) is 2.21. The lowest BCUT2D eigenvalue weighted by molar-refractivity contribution is -0.155. The monoisotopic (exact) mass is 424 g/mol. The highest BCUT2D eigenvalue weighted by Crippen LogP contribution is 2.35. The van der Waals surface area contributed by atoms with Gasteiger partial charge in [0, 0.05) is 20.0 Å². The van der Waals surface area contributed by atoms with E-state index in [1.54, 1.807) is 0 Å². The maximum atomic E-state index is 12.0. The highest BCUT2D eigenvalue weighted by atomic mass is 79.9. The summed E-state index contributed by atoms with van der Waals surface area (Å²) in [6, 6.07) is 0. The minimum atomic E-state index is -1.03. The summed E-state index contributed by atoms with van der Waals surface area (Å²) < 4.78 is 16.8. The van der Waals surface area contributed by atoms with E-state index >= 15 is 0 Å². The number of ether oxygens (including phenoxy) is 3. The van der Waals surface area contributed by atoms with E-state index in [0.717, 1.165) is 4.57 Å². The van der Waals surface area contributed by atoms with Gasteiger partial charge in [0.1, 0.15) is 18.1 Å². The van der Waals surface area contributed by atoms with Gasteiger partial charge in [-0.1, -0.05) is 0 Å². The van der Waals surface area contributed by atoms with E-state index in [9.17, 15) is 19.2 Å². The molecule has 11 heteroatoms. The zero-order chi connectivity index (χ0) is 18.0. The molecule has 1 aromatic rings. The summed E-state index contributed by atoms with van der Waals surface area (Å²) >= 11 is 9.30. The molecule has 0 spiro atoms. The van der Waals surface area contributed by atoms with Crippen LogP contribution in [0.2, 0.25) is 0 Å². The van der Waals surface area contributed by atoms with Crippen molar-refractivity contribution in [3.63, 3.8) is 0 Å². The quantitative estimate of drug-likeness (QED) is 0.544. The minimum Gasteiger partial charge on any atom is -0.463 e. The molecule has 2 rings (SSSR count). The van der Waals surface area contributed by atoms with Crippen LogP contribution in [0.15, 0.2) is 20.3 Å². The molecule has 1 aliphatic rings. The molecule has 0 saturated carbocycles. The van der Waals surface area contributed by atoms with Crippen molar-refractivity contribution in [2.24, 2.45) is 0 Å². The minimum absolute atomic E-state index is 0.0991. The van der Waals surface area contributed by atoms with Crippen LogP contribution in [0.4, 0.5) is 0 Å². The Morgan fingerprint density at radius 1 is 1.38 bits per heavy atom. The number of H-pyrrole nitrogens is 1. The van der Waals surface area contributed by atoms with Crippen LogP contribution in [-0.4, -0.2) is 45.7 Å². The molecule has 0 aromatic carbocycles. The van der Waals surface area contributed by atoms with Gasteiger partial charge >= 0.3 is 17.6 Å². The van der Waals surface area contributed by atoms with Gasteiger partial charge < -0.3 is 14.2 Å². The summed E-state index contributed by atoms with van der Waals surface area (Å²) in [5.74, 6) is -1.14. The van der Waals surface area contributed by atoms with Crippen LogP contribution in [0.25, 0.3) is 0 Å². The summed E-state index contributed by atoms with van der Waals surface area (Å²) in [7, 11) is 0. The van der Waals surface area contributed by atoms with Crippen LogP contribution in [0.1, 0.15) is 20.1 Å². The fourth-order valence-corrected chi connectivity index (χ4v) is 2.95. The van der Waals surface area contributed by atoms with Crippen LogP contribution in [0, 0.1) is 0 Å². The van der Waals surface area contributed by atoms with Crippen molar-refractivity contribution in [3.8, 4) is 0 Å². The number of nitrogens with one attached hydrogen (secondary N) is 1. The van der Waals surface area contributed by atoms with Gasteiger partial charge in [-0.25, -0.2) is 4.79 Å². The third-order valence-corrected chi connectivity index (χ3v) is 4.25. The normalized spacial score (nSPS) is 26.2. The summed E-state index contributed by atoms with van der Waals surface area (Å²) in [4.78, 5) is 47.8. The first-order chi connectivity index (χ1) is 11.2. The molecular weight excluding hydrogens is 412 g/mol. The second kappa shape index (κ2) is 7.49. The number of carbonyl (C=O) groups excluding carboxylic acids is 2. The molecule has 0 bridgehead atoms. The second-order valence-corrected chi connectivity index (χ2v) is 6.39. The molecule has 1 fully saturated rings. The van der Waals surface area contributed by atoms with Gasteiger partial charge in [-0.2, -0.15) is 0 Å². The third-order valence-electron chi connectivity index (χ3n) is 3.22. The lowest BCUT2D eigenvalue weighted by Gasteiger charge is -2.19. The molecule has 1 aliphatic heterocycles. The maximum Gasteiger partial charge on any atom is 0.330 e. The topological polar surface area (TPSA) is 117 Å². The molecule has 1 N–H and O–H groups in total. The molecule has 24 heavy (non-hydrogen) atoms. The van der Waals surface area contributed by atoms with Crippen molar-refractivity contribution in [1.82, 2.24) is 9.55 Å². The Labute approximate surface area is 149 Å². The van der Waals surface area contributed by atoms with Gasteiger partial charge in [-0.3, -0.25) is 23.9 Å². The number of carbonyl (C=O) groups is 2. The second-order valence-electron chi connectivity index (χ2n) is 5.03. The molecule has 0 amide bonds. The Balaban J connectivity index is 2.33. The first kappa shape index (κ1) is 18.7. The van der Waals surface area contributed by atoms with Crippen molar-refractivity contribution >= 4 is 39.5 Å². The lowest BCUT2D eigenvalue weighted by Crippen LogP contribution is -2.37. The van der Waals surface area contributed by atoms with Crippen LogP contribution >= 0.6 is 27.5 Å². The Kier molecular flexibility index (Phi) is 5.83. The Morgan fingerprint density at radius 3 is 2.62 bits per heavy atom. The molecule has 0 unspecified atom stereocenters. The van der Waals surface area contributed by atoms with E-state index in [-0.39, 0.29) is 11.1 Å². The van der Waals surface area contributed by atoms with Gasteiger partial charge in [0.25, 0.3) is 5.56 Å². The summed E-state index contributed by atoms with van der Waals surface area (Å²) in [6.07, 6.45) is -1.61. The number of alkyl halides is 1. The van der Waals surface area contributed by atoms with E-state index < -0.39 is 47.0 Å². The van der Waals surface area contributed by atoms with E-state index in [1.165, 1.54) is 20.0 Å². The largest absolute Gasteiger partial charge is 0.463 e. The smallest absolute Gasteiger partial charge is 0.330 e. The van der Waals surface area contributed by atoms with Gasteiger partial charge in [0.2, 0.25) is 0 Å². The molecule has 1 aromatic heterocycles. The third kappa shape index (κ3) is 4.05. The number of aromatic nitrogens is 2. The Bertz CT molecular complexity index is 761. The van der Waals surface area contributed by atoms with Gasteiger partial charge in [0.15, 0.2) is 12.3 Å². The average Bonchev–Trinajstić information content (AvgIpc) is 2.77. The fraction of sp³-hybridized carbons (Fsp3) is 0.538. The maximum absolute atomic E-state index is 12.0. The number of aromatic amines is 1. The average molecular weight is 426 g/mol. The van der Waals surface area contributed by atoms with Gasteiger partial charge in [-0.05, 0) is 15.9 Å². The summed E-state index contributed by atoms with van der Waals surface area (Å²) in [5.41, 5.74) is -1.35. The first-order valence-corrected chi connectivity index (χ1v) is 8.04. The number of rotatable bonds is 4. The summed E-state index contributed by atoms with van der Waals surface area (Å²) in [5, 5.41) is -0.940. The Morgan fingerprint density at radius 2 is 2.04 bits per heavy atom. The predicted molar refractivity (Wildman–Crippen MR) is 84.8 cm³/mol. The SMILES string of the molecule is CC(=O)OC[C@H]1O[C@@H](n2cc(Br)c(=O)[nH]c2=O)[C@@H](Cl)[C@@H]1OC(C)=O. The number of hydrogen-bond donors (Lipinski definition) is 1. The van der Waals surface area contributed by atoms with Crippen LogP contribution in [0.3, 0.4) is 0 Å². The van der Waals surface area contributed by atoms with Crippen LogP contribution in [0.5, 0.6) is 0 Å². The molecule has 0 aliphatic carbocycles. The predicted octanol–water partition coefficient (Wildman–Crippen LogP) is 0.299. The zero-order valence-electron chi connectivity index (χ0n) is 12.7. The highest BCUT2D eigenvalue weighted by Gasteiger charge is 2.47. The van der Waals surface area contributed by atoms with Gasteiger partial charge in [-0.15, -0.1) is 11.6 Å². The zero-order valence-corrected chi connectivity index (χ0v) is 15.0. The molecule has 132 valence electrons. The van der Waals surface area contributed by atoms with Crippen LogP contribution < -0.4 is 11.2 Å². The first-order valence-electron chi connectivity index (χ1n) is 6.81. The lowest BCUT2D eigenvalue weighted by atomic mass is 10.1. The van der Waals surface area contributed by atoms with E-state index in [2.05, 4.69) is 20.9 Å². The van der Waals surface area contributed by atoms with Crippen molar-refractivity contribution in [1.29, 1.82) is 0 Å². The number of esters is 2. The van der Waals surface area contributed by atoms with E-state index in [4.69, 9.17) is 25.8 Å². The number of nitrogens with zero attached hydrogens (tertiary/aromatic N) is 1. The van der Waals surface area contributed by atoms with Gasteiger partial charge in [0.05, 0.1) is 4.47 Å². The van der Waals surface area contributed by atoms with E-state index in [0.29, 0.717) is 0 Å². The van der Waals surface area contributed by atoms with Crippen LogP contribution in [-0.2, 0) is 23.8 Å². The molecule has 2 heterocycles. The molecule has 0 radical (unpaired) electrons. The van der Waals surface area contributed by atoms with Crippen molar-refractivity contribution in [3.05, 3.63) is 31.5 Å². The van der Waals surface area contributed by atoms with Crippen molar-refractivity contribution in [2.75, 3.05) is 6.61 Å². The fourth-order valence-electron chi connectivity index (χ4n) is 2.23. The van der Waals surface area contributed by atoms with Crippen molar-refractivity contribution < 1.29 is 23.8 Å². The molecule has 1 saturated heterocycles. The highest BCUT2D eigenvalue weighted by molar-refractivity contribution is 9.10. The molecule has 9 nitrogen and oxygen atoms in total. The standard InChI is InChI=1S/C13H14BrClN2O7/c1-5(18)22-4-8-10(23-6(2)19)9(15)12(24-8)17-3-7(14)11(20)16-13(17)21/h3,8-10,12H,4H2,1-2H3,(H,16,20,21)/t8-,9+,10-,12-/m1/s1. The Hall–Kier alpha value is -1.65. The number of hydrogen-bond acceptors (Lipinski definition) is 7.